The van der Waals surface area contributed by atoms with E-state index >= 15 is 0 Å². The number of hydrogen-bond donors (Lipinski definition) is 0. The van der Waals surface area contributed by atoms with Crippen LogP contribution in [0.3, 0.4) is 0 Å². The molecule has 3 heteroatoms. The van der Waals surface area contributed by atoms with Gasteiger partial charge < -0.3 is 4.74 Å². The van der Waals surface area contributed by atoms with E-state index < -0.39 is 0 Å². The predicted molar refractivity (Wildman–Crippen MR) is 56.1 cm³/mol. The molecule has 3 nitrogen and oxygen atoms in total. The minimum Gasteiger partial charge on any atom is -0.438 e. The third-order valence-corrected chi connectivity index (χ3v) is 1.89. The molecule has 2 aromatic rings. The van der Waals surface area contributed by atoms with Gasteiger partial charge in [0.1, 0.15) is 5.75 Å². The highest BCUT2D eigenvalue weighted by Crippen LogP contribution is 2.20. The molecule has 0 aliphatic heterocycles. The van der Waals surface area contributed by atoms with Crippen LogP contribution < -0.4 is 4.74 Å². The fourth-order valence-corrected chi connectivity index (χ4v) is 1.18. The molecule has 0 aliphatic carbocycles. The van der Waals surface area contributed by atoms with Gasteiger partial charge in [-0.25, -0.2) is 4.98 Å². The minimum atomic E-state index is 0.332. The van der Waals surface area contributed by atoms with Crippen molar-refractivity contribution < 1.29 is 9.53 Å². The van der Waals surface area contributed by atoms with E-state index in [1.54, 1.807) is 18.3 Å². The highest BCUT2D eigenvalue weighted by Gasteiger charge is 2.03. The Morgan fingerprint density at radius 2 is 1.87 bits per heavy atom. The summed E-state index contributed by atoms with van der Waals surface area (Å²) >= 11 is 0. The van der Waals surface area contributed by atoms with E-state index in [9.17, 15) is 4.79 Å². The Hall–Kier alpha value is -2.16. The van der Waals surface area contributed by atoms with Crippen molar-refractivity contribution in [3.63, 3.8) is 0 Å². The van der Waals surface area contributed by atoms with Gasteiger partial charge in [0, 0.05) is 6.20 Å². The van der Waals surface area contributed by atoms with Crippen molar-refractivity contribution in [3.05, 3.63) is 54.2 Å². The zero-order valence-electron chi connectivity index (χ0n) is 7.96. The van der Waals surface area contributed by atoms with Crippen molar-refractivity contribution in [2.24, 2.45) is 0 Å². The second-order valence-corrected chi connectivity index (χ2v) is 2.93. The Balaban J connectivity index is 2.28. The lowest BCUT2D eigenvalue weighted by atomic mass is 10.3. The lowest BCUT2D eigenvalue weighted by Crippen LogP contribution is -1.92. The summed E-state index contributed by atoms with van der Waals surface area (Å²) in [5.41, 5.74) is 0.446. The van der Waals surface area contributed by atoms with Crippen molar-refractivity contribution in [1.29, 1.82) is 0 Å². The molecule has 0 saturated heterocycles. The second-order valence-electron chi connectivity index (χ2n) is 2.93. The van der Waals surface area contributed by atoms with Crippen molar-refractivity contribution in [3.8, 4) is 11.6 Å². The zero-order chi connectivity index (χ0) is 10.5. The van der Waals surface area contributed by atoms with Crippen LogP contribution in [0.15, 0.2) is 48.7 Å². The first-order valence-electron chi connectivity index (χ1n) is 4.53. The number of aldehydes is 1. The van der Waals surface area contributed by atoms with Crippen LogP contribution in [0.4, 0.5) is 0 Å². The first kappa shape index (κ1) is 9.40. The van der Waals surface area contributed by atoms with Gasteiger partial charge in [-0.15, -0.1) is 0 Å². The first-order chi connectivity index (χ1) is 7.40. The molecule has 0 fully saturated rings. The van der Waals surface area contributed by atoms with Gasteiger partial charge in [-0.05, 0) is 24.3 Å². The third-order valence-electron chi connectivity index (χ3n) is 1.89. The normalized spacial score (nSPS) is 9.60. The van der Waals surface area contributed by atoms with Crippen LogP contribution in [0.1, 0.15) is 10.4 Å². The van der Waals surface area contributed by atoms with Crippen LogP contribution in [-0.4, -0.2) is 11.3 Å². The van der Waals surface area contributed by atoms with Gasteiger partial charge in [0.2, 0.25) is 5.88 Å². The smallest absolute Gasteiger partial charge is 0.229 e. The van der Waals surface area contributed by atoms with Gasteiger partial charge in [0.15, 0.2) is 6.29 Å². The molecule has 0 N–H and O–H groups in total. The van der Waals surface area contributed by atoms with Crippen LogP contribution >= 0.6 is 0 Å². The number of pyridine rings is 1. The van der Waals surface area contributed by atoms with Gasteiger partial charge >= 0.3 is 0 Å². The fraction of sp³-hybridized carbons (Fsp3) is 0. The molecule has 0 atom stereocenters. The van der Waals surface area contributed by atoms with Gasteiger partial charge in [0.05, 0.1) is 5.56 Å². The molecule has 1 aromatic heterocycles. The molecule has 74 valence electrons. The molecule has 1 heterocycles. The summed E-state index contributed by atoms with van der Waals surface area (Å²) in [6.07, 6.45) is 2.32. The number of aromatic nitrogens is 1. The molecule has 0 spiro atoms. The van der Waals surface area contributed by atoms with Crippen LogP contribution in [-0.2, 0) is 0 Å². The van der Waals surface area contributed by atoms with E-state index in [0.717, 1.165) is 6.29 Å². The number of ether oxygens (including phenoxy) is 1. The molecule has 0 amide bonds. The maximum absolute atomic E-state index is 10.7. The average molecular weight is 199 g/mol. The highest BCUT2D eigenvalue weighted by molar-refractivity contribution is 5.78. The lowest BCUT2D eigenvalue weighted by molar-refractivity contribution is 0.112. The number of benzene rings is 1. The number of carbonyl (C=O) groups excluding carboxylic acids is 1. The molecular weight excluding hydrogens is 190 g/mol. The van der Waals surface area contributed by atoms with E-state index in [-0.39, 0.29) is 0 Å². The molecule has 15 heavy (non-hydrogen) atoms. The fourth-order valence-electron chi connectivity index (χ4n) is 1.18. The standard InChI is InChI=1S/C12H9NO2/c14-9-10-5-4-8-13-12(10)15-11-6-2-1-3-7-11/h1-9H. The van der Waals surface area contributed by atoms with E-state index in [1.165, 1.54) is 0 Å². The summed E-state index contributed by atoms with van der Waals surface area (Å²) < 4.78 is 5.46. The van der Waals surface area contributed by atoms with Gasteiger partial charge in [-0.1, -0.05) is 18.2 Å². The zero-order valence-corrected chi connectivity index (χ0v) is 7.96. The Kier molecular flexibility index (Phi) is 2.74. The van der Waals surface area contributed by atoms with E-state index in [4.69, 9.17) is 4.74 Å². The number of nitrogens with zero attached hydrogens (tertiary/aromatic N) is 1. The summed E-state index contributed by atoms with van der Waals surface area (Å²) in [7, 11) is 0. The summed E-state index contributed by atoms with van der Waals surface area (Å²) in [6.45, 7) is 0. The highest BCUT2D eigenvalue weighted by atomic mass is 16.5. The summed E-state index contributed by atoms with van der Waals surface area (Å²) in [4.78, 5) is 14.7. The molecule has 0 saturated carbocycles. The Bertz CT molecular complexity index is 454. The van der Waals surface area contributed by atoms with Crippen LogP contribution in [0.5, 0.6) is 11.6 Å². The monoisotopic (exact) mass is 199 g/mol. The summed E-state index contributed by atoms with van der Waals surface area (Å²) in [5.74, 6) is 0.998. The van der Waals surface area contributed by atoms with Gasteiger partial charge in [0.25, 0.3) is 0 Å². The average Bonchev–Trinajstić information content (AvgIpc) is 2.31. The number of rotatable bonds is 3. The topological polar surface area (TPSA) is 39.2 Å². The molecule has 1 aromatic carbocycles. The Labute approximate surface area is 87.3 Å². The maximum atomic E-state index is 10.7. The number of hydrogen-bond acceptors (Lipinski definition) is 3. The van der Waals surface area contributed by atoms with Crippen molar-refractivity contribution in [2.45, 2.75) is 0 Å². The molecule has 0 bridgehead atoms. The third kappa shape index (κ3) is 2.20. The number of para-hydroxylation sites is 1. The van der Waals surface area contributed by atoms with Gasteiger partial charge in [-0.2, -0.15) is 0 Å². The van der Waals surface area contributed by atoms with Crippen LogP contribution in [0.25, 0.3) is 0 Å². The predicted octanol–water partition coefficient (Wildman–Crippen LogP) is 2.69. The quantitative estimate of drug-likeness (QED) is 0.713. The van der Waals surface area contributed by atoms with Crippen LogP contribution in [0, 0.1) is 0 Å². The Morgan fingerprint density at radius 3 is 2.60 bits per heavy atom. The molecule has 0 radical (unpaired) electrons. The first-order valence-corrected chi connectivity index (χ1v) is 4.53. The number of carbonyl (C=O) groups is 1. The van der Waals surface area contributed by atoms with E-state index in [1.807, 2.05) is 30.3 Å². The largest absolute Gasteiger partial charge is 0.438 e. The van der Waals surface area contributed by atoms with Crippen molar-refractivity contribution >= 4 is 6.29 Å². The van der Waals surface area contributed by atoms with E-state index in [2.05, 4.69) is 4.98 Å². The summed E-state index contributed by atoms with van der Waals surface area (Å²) in [6, 6.07) is 12.6. The summed E-state index contributed by atoms with van der Waals surface area (Å²) in [5, 5.41) is 0. The van der Waals surface area contributed by atoms with Crippen molar-refractivity contribution in [1.82, 2.24) is 4.98 Å². The maximum Gasteiger partial charge on any atom is 0.229 e. The van der Waals surface area contributed by atoms with Crippen molar-refractivity contribution in [2.75, 3.05) is 0 Å². The lowest BCUT2D eigenvalue weighted by Gasteiger charge is -2.05. The SMILES string of the molecule is O=Cc1cccnc1Oc1ccccc1. The van der Waals surface area contributed by atoms with Gasteiger partial charge in [-0.3, -0.25) is 4.79 Å². The van der Waals surface area contributed by atoms with E-state index in [0.29, 0.717) is 17.2 Å². The second kappa shape index (κ2) is 4.37. The van der Waals surface area contributed by atoms with Crippen LogP contribution in [0.2, 0.25) is 0 Å². The molecule has 0 aliphatic rings. The molecule has 2 rings (SSSR count). The minimum absolute atomic E-state index is 0.332. The molecule has 0 unspecified atom stereocenters. The Morgan fingerprint density at radius 1 is 1.07 bits per heavy atom. The molecular formula is C12H9NO2.